The minimum Gasteiger partial charge on any atom is -0.481 e. The van der Waals surface area contributed by atoms with Gasteiger partial charge in [0.05, 0.1) is 12.5 Å². The maximum absolute atomic E-state index is 11.9. The summed E-state index contributed by atoms with van der Waals surface area (Å²) >= 11 is 1.52. The molecule has 2 N–H and O–H groups in total. The van der Waals surface area contributed by atoms with Crippen LogP contribution in [0.4, 0.5) is 4.79 Å². The van der Waals surface area contributed by atoms with E-state index in [0.717, 1.165) is 9.75 Å². The maximum Gasteiger partial charge on any atom is 0.408 e. The fraction of sp³-hybridized carbons (Fsp3) is 0.625. The number of carboxylic acids is 1. The van der Waals surface area contributed by atoms with E-state index < -0.39 is 23.7 Å². The highest BCUT2D eigenvalue weighted by Gasteiger charge is 2.25. The lowest BCUT2D eigenvalue weighted by Gasteiger charge is -2.22. The van der Waals surface area contributed by atoms with E-state index in [9.17, 15) is 9.59 Å². The molecule has 0 bridgehead atoms. The summed E-state index contributed by atoms with van der Waals surface area (Å²) in [6.45, 7) is 11.6. The fourth-order valence-corrected chi connectivity index (χ4v) is 2.91. The van der Waals surface area contributed by atoms with Gasteiger partial charge in [-0.25, -0.2) is 4.79 Å². The van der Waals surface area contributed by atoms with Crippen molar-refractivity contribution in [2.45, 2.75) is 65.0 Å². The van der Waals surface area contributed by atoms with E-state index in [4.69, 9.17) is 9.84 Å². The molecule has 0 saturated heterocycles. The van der Waals surface area contributed by atoms with E-state index in [0.29, 0.717) is 0 Å². The van der Waals surface area contributed by atoms with E-state index in [1.54, 1.807) is 20.8 Å². The largest absolute Gasteiger partial charge is 0.481 e. The first kappa shape index (κ1) is 18.5. The van der Waals surface area contributed by atoms with Gasteiger partial charge < -0.3 is 15.2 Å². The van der Waals surface area contributed by atoms with Gasteiger partial charge in [-0.15, -0.1) is 11.3 Å². The van der Waals surface area contributed by atoms with Crippen LogP contribution in [-0.2, 0) is 14.9 Å². The minimum atomic E-state index is -0.966. The lowest BCUT2D eigenvalue weighted by molar-refractivity contribution is -0.137. The van der Waals surface area contributed by atoms with E-state index in [1.165, 1.54) is 11.3 Å². The molecule has 1 rings (SSSR count). The number of hydrogen-bond acceptors (Lipinski definition) is 4. The normalized spacial score (nSPS) is 13.5. The topological polar surface area (TPSA) is 75.6 Å². The van der Waals surface area contributed by atoms with Crippen molar-refractivity contribution < 1.29 is 19.4 Å². The monoisotopic (exact) mass is 327 g/mol. The second kappa shape index (κ2) is 6.69. The molecule has 0 fully saturated rings. The Kier molecular flexibility index (Phi) is 5.62. The van der Waals surface area contributed by atoms with Crippen molar-refractivity contribution in [1.82, 2.24) is 5.32 Å². The van der Waals surface area contributed by atoms with E-state index in [1.807, 2.05) is 12.1 Å². The number of nitrogens with one attached hydrogen (secondary N) is 1. The predicted molar refractivity (Wildman–Crippen MR) is 87.4 cm³/mol. The van der Waals surface area contributed by atoms with Crippen molar-refractivity contribution in [2.24, 2.45) is 0 Å². The van der Waals surface area contributed by atoms with E-state index >= 15 is 0 Å². The number of alkyl carbamates (subject to hydrolysis) is 1. The Labute approximate surface area is 135 Å². The number of rotatable bonds is 4. The zero-order valence-corrected chi connectivity index (χ0v) is 14.8. The SMILES string of the molecule is CC(C)(C)OC(=O)N[C@H](CC(=O)O)c1ccc(C(C)(C)C)s1. The van der Waals surface area contributed by atoms with Crippen LogP contribution in [0.5, 0.6) is 0 Å². The molecule has 0 aliphatic heterocycles. The molecule has 0 aliphatic carbocycles. The second-order valence-corrected chi connectivity index (χ2v) is 8.36. The van der Waals surface area contributed by atoms with Crippen LogP contribution in [-0.4, -0.2) is 22.8 Å². The summed E-state index contributed by atoms with van der Waals surface area (Å²) < 4.78 is 5.21. The Bertz CT molecular complexity index is 537. The molecule has 0 unspecified atom stereocenters. The molecule has 1 heterocycles. The molecule has 22 heavy (non-hydrogen) atoms. The van der Waals surface area contributed by atoms with Gasteiger partial charge in [-0.1, -0.05) is 20.8 Å². The molecule has 124 valence electrons. The third-order valence-electron chi connectivity index (χ3n) is 2.78. The summed E-state index contributed by atoms with van der Waals surface area (Å²) in [4.78, 5) is 24.9. The number of ether oxygens (including phenoxy) is 1. The third kappa shape index (κ3) is 6.05. The summed E-state index contributed by atoms with van der Waals surface area (Å²) in [6.07, 6.45) is -0.784. The number of carbonyl (C=O) groups is 2. The molecular formula is C16H25NO4S. The number of amides is 1. The first-order chi connectivity index (χ1) is 9.88. The van der Waals surface area contributed by atoms with Crippen LogP contribution in [0.3, 0.4) is 0 Å². The number of carbonyl (C=O) groups excluding carboxylic acids is 1. The first-order valence-electron chi connectivity index (χ1n) is 7.20. The Morgan fingerprint density at radius 2 is 1.82 bits per heavy atom. The van der Waals surface area contributed by atoms with Crippen LogP contribution < -0.4 is 5.32 Å². The molecule has 1 aromatic heterocycles. The van der Waals surface area contributed by atoms with Gasteiger partial charge >= 0.3 is 12.1 Å². The number of aliphatic carboxylic acids is 1. The summed E-state index contributed by atoms with van der Waals surface area (Å²) in [5.74, 6) is -0.966. The molecular weight excluding hydrogens is 302 g/mol. The van der Waals surface area contributed by atoms with Gasteiger partial charge in [-0.3, -0.25) is 4.79 Å². The highest BCUT2D eigenvalue weighted by molar-refractivity contribution is 7.12. The molecule has 0 radical (unpaired) electrons. The lowest BCUT2D eigenvalue weighted by atomic mass is 9.95. The predicted octanol–water partition coefficient (Wildman–Crippen LogP) is 4.09. The Morgan fingerprint density at radius 3 is 2.23 bits per heavy atom. The highest BCUT2D eigenvalue weighted by Crippen LogP contribution is 2.33. The standard InChI is InChI=1S/C16H25NO4S/c1-15(2,3)12-8-7-11(22-12)10(9-13(18)19)17-14(20)21-16(4,5)6/h7-8,10H,9H2,1-6H3,(H,17,20)(H,18,19)/t10-/m1/s1. The molecule has 5 nitrogen and oxygen atoms in total. The van der Waals surface area contributed by atoms with Crippen LogP contribution in [0.1, 0.15) is 63.8 Å². The molecule has 0 spiro atoms. The van der Waals surface area contributed by atoms with Crippen LogP contribution in [0.2, 0.25) is 0 Å². The number of hydrogen-bond donors (Lipinski definition) is 2. The lowest BCUT2D eigenvalue weighted by Crippen LogP contribution is -2.35. The molecule has 0 aliphatic rings. The van der Waals surface area contributed by atoms with E-state index in [2.05, 4.69) is 26.1 Å². The Balaban J connectivity index is 2.91. The minimum absolute atomic E-state index is 0.0113. The van der Waals surface area contributed by atoms with Gasteiger partial charge in [0.15, 0.2) is 0 Å². The van der Waals surface area contributed by atoms with Crippen molar-refractivity contribution in [3.8, 4) is 0 Å². The van der Waals surface area contributed by atoms with Crippen LogP contribution >= 0.6 is 11.3 Å². The average molecular weight is 327 g/mol. The van der Waals surface area contributed by atoms with Gasteiger partial charge in [0.2, 0.25) is 0 Å². The van der Waals surface area contributed by atoms with Gasteiger partial charge in [0, 0.05) is 9.75 Å². The van der Waals surface area contributed by atoms with Crippen molar-refractivity contribution in [1.29, 1.82) is 0 Å². The zero-order chi connectivity index (χ0) is 17.1. The summed E-state index contributed by atoms with van der Waals surface area (Å²) in [6, 6.07) is 3.26. The summed E-state index contributed by atoms with van der Waals surface area (Å²) in [5.41, 5.74) is -0.632. The van der Waals surface area contributed by atoms with Crippen molar-refractivity contribution in [2.75, 3.05) is 0 Å². The number of carboxylic acid groups (broad SMARTS) is 1. The molecule has 6 heteroatoms. The Morgan fingerprint density at radius 1 is 1.23 bits per heavy atom. The molecule has 0 aromatic carbocycles. The van der Waals surface area contributed by atoms with E-state index in [-0.39, 0.29) is 11.8 Å². The highest BCUT2D eigenvalue weighted by atomic mass is 32.1. The van der Waals surface area contributed by atoms with Gasteiger partial charge in [-0.2, -0.15) is 0 Å². The smallest absolute Gasteiger partial charge is 0.408 e. The third-order valence-corrected chi connectivity index (χ3v) is 4.40. The average Bonchev–Trinajstić information content (AvgIpc) is 2.72. The van der Waals surface area contributed by atoms with Crippen LogP contribution in [0, 0.1) is 0 Å². The maximum atomic E-state index is 11.9. The number of thiophene rings is 1. The molecule has 1 aromatic rings. The van der Waals surface area contributed by atoms with Crippen LogP contribution in [0.25, 0.3) is 0 Å². The first-order valence-corrected chi connectivity index (χ1v) is 8.01. The van der Waals surface area contributed by atoms with Crippen molar-refractivity contribution in [3.63, 3.8) is 0 Å². The van der Waals surface area contributed by atoms with Crippen LogP contribution in [0.15, 0.2) is 12.1 Å². The Hall–Kier alpha value is -1.56. The second-order valence-electron chi connectivity index (χ2n) is 7.25. The molecule has 1 atom stereocenters. The summed E-state index contributed by atoms with van der Waals surface area (Å²) in [7, 11) is 0. The zero-order valence-electron chi connectivity index (χ0n) is 14.0. The van der Waals surface area contributed by atoms with Crippen molar-refractivity contribution in [3.05, 3.63) is 21.9 Å². The fourth-order valence-electron chi connectivity index (χ4n) is 1.79. The van der Waals surface area contributed by atoms with Crippen molar-refractivity contribution >= 4 is 23.4 Å². The van der Waals surface area contributed by atoms with Gasteiger partial charge in [0.25, 0.3) is 0 Å². The quantitative estimate of drug-likeness (QED) is 0.873. The molecule has 0 saturated carbocycles. The molecule has 1 amide bonds. The summed E-state index contributed by atoms with van der Waals surface area (Å²) in [5, 5.41) is 11.7. The van der Waals surface area contributed by atoms with Gasteiger partial charge in [-0.05, 0) is 38.3 Å². The van der Waals surface area contributed by atoms with Gasteiger partial charge in [0.1, 0.15) is 5.60 Å².